The lowest BCUT2D eigenvalue weighted by Crippen LogP contribution is -2.19. The number of amides is 1. The number of fused-ring (bicyclic) bond motifs is 1. The Bertz CT molecular complexity index is 1260. The summed E-state index contributed by atoms with van der Waals surface area (Å²) in [6.45, 7) is 1.05. The molecule has 0 spiro atoms. The molecule has 1 amide bonds. The first-order chi connectivity index (χ1) is 15.2. The topological polar surface area (TPSA) is 62.1 Å². The summed E-state index contributed by atoms with van der Waals surface area (Å²) in [5.74, 6) is 1.68. The first-order valence-electron chi connectivity index (χ1n) is 9.77. The van der Waals surface area contributed by atoms with Gasteiger partial charge < -0.3 is 18.8 Å². The largest absolute Gasteiger partial charge is 0.495 e. The number of aromatic nitrogens is 1. The maximum Gasteiger partial charge on any atom is 0.279 e. The lowest BCUT2D eigenvalue weighted by Gasteiger charge is -2.08. The van der Waals surface area contributed by atoms with E-state index in [2.05, 4.69) is 4.99 Å². The Hall–Kier alpha value is -3.42. The summed E-state index contributed by atoms with van der Waals surface area (Å²) in [5, 5.41) is 0. The van der Waals surface area contributed by atoms with E-state index in [-0.39, 0.29) is 5.91 Å². The van der Waals surface area contributed by atoms with Gasteiger partial charge in [0.05, 0.1) is 18.4 Å². The van der Waals surface area contributed by atoms with Crippen molar-refractivity contribution < 1.29 is 19.0 Å². The molecule has 0 aliphatic carbocycles. The van der Waals surface area contributed by atoms with Gasteiger partial charge in [0.1, 0.15) is 22.8 Å². The summed E-state index contributed by atoms with van der Waals surface area (Å²) in [5.41, 5.74) is 1.36. The van der Waals surface area contributed by atoms with Crippen molar-refractivity contribution in [3.8, 4) is 17.2 Å². The SMILES string of the molecule is COCCn1c(=NC(=O)c2cccc(Oc3ccccc3)c2)sc2cccc(OC)c21. The van der Waals surface area contributed by atoms with E-state index in [1.165, 1.54) is 11.3 Å². The Balaban J connectivity index is 1.71. The fourth-order valence-corrected chi connectivity index (χ4v) is 4.28. The normalized spacial score (nSPS) is 11.6. The lowest BCUT2D eigenvalue weighted by atomic mass is 10.2. The molecule has 0 saturated heterocycles. The fraction of sp³-hybridized carbons (Fsp3) is 0.167. The highest BCUT2D eigenvalue weighted by atomic mass is 32.1. The maximum absolute atomic E-state index is 13.0. The highest BCUT2D eigenvalue weighted by molar-refractivity contribution is 7.16. The van der Waals surface area contributed by atoms with Gasteiger partial charge in [0.2, 0.25) is 0 Å². The molecular formula is C24H22N2O4S. The molecule has 1 heterocycles. The van der Waals surface area contributed by atoms with Crippen LogP contribution >= 0.6 is 11.3 Å². The number of benzene rings is 3. The van der Waals surface area contributed by atoms with Crippen LogP contribution in [0.4, 0.5) is 0 Å². The predicted octanol–water partition coefficient (Wildman–Crippen LogP) is 4.89. The number of hydrogen-bond acceptors (Lipinski definition) is 5. The molecule has 6 nitrogen and oxygen atoms in total. The third-order valence-corrected chi connectivity index (χ3v) is 5.70. The number of ether oxygens (including phenoxy) is 3. The first kappa shape index (κ1) is 20.8. The van der Waals surface area contributed by atoms with E-state index in [0.717, 1.165) is 16.0 Å². The quantitative estimate of drug-likeness (QED) is 0.415. The van der Waals surface area contributed by atoms with Crippen LogP contribution in [0.3, 0.4) is 0 Å². The molecule has 0 unspecified atom stereocenters. The van der Waals surface area contributed by atoms with Crippen molar-refractivity contribution in [1.82, 2.24) is 4.57 Å². The van der Waals surface area contributed by atoms with Crippen LogP contribution < -0.4 is 14.3 Å². The van der Waals surface area contributed by atoms with E-state index >= 15 is 0 Å². The zero-order valence-corrected chi connectivity index (χ0v) is 18.1. The summed E-state index contributed by atoms with van der Waals surface area (Å²) in [6, 6.07) is 22.3. The minimum atomic E-state index is -0.338. The van der Waals surface area contributed by atoms with Gasteiger partial charge in [-0.05, 0) is 42.5 Å². The standard InChI is InChI=1S/C24H22N2O4S/c1-28-15-14-26-22-20(29-2)12-7-13-21(22)31-24(26)25-23(27)17-8-6-11-19(16-17)30-18-9-4-3-5-10-18/h3-13,16H,14-15H2,1-2H3. The zero-order chi connectivity index (χ0) is 21.6. The number of thiazole rings is 1. The number of nitrogens with zero attached hydrogens (tertiary/aromatic N) is 2. The van der Waals surface area contributed by atoms with Crippen LogP contribution in [0.5, 0.6) is 17.2 Å². The molecular weight excluding hydrogens is 412 g/mol. The van der Waals surface area contributed by atoms with E-state index in [4.69, 9.17) is 14.2 Å². The van der Waals surface area contributed by atoms with Gasteiger partial charge in [-0.3, -0.25) is 4.79 Å². The van der Waals surface area contributed by atoms with Crippen molar-refractivity contribution >= 4 is 27.5 Å². The maximum atomic E-state index is 13.0. The number of carbonyl (C=O) groups excluding carboxylic acids is 1. The van der Waals surface area contributed by atoms with Gasteiger partial charge in [-0.25, -0.2) is 0 Å². The number of hydrogen-bond donors (Lipinski definition) is 0. The Morgan fingerprint density at radius 3 is 2.52 bits per heavy atom. The monoisotopic (exact) mass is 434 g/mol. The molecule has 0 aliphatic heterocycles. The molecule has 0 bridgehead atoms. The van der Waals surface area contributed by atoms with Crippen molar-refractivity contribution in [2.45, 2.75) is 6.54 Å². The minimum absolute atomic E-state index is 0.338. The summed E-state index contributed by atoms with van der Waals surface area (Å²) in [4.78, 5) is 18.0. The number of methoxy groups -OCH3 is 2. The smallest absolute Gasteiger partial charge is 0.279 e. The van der Waals surface area contributed by atoms with Crippen LogP contribution in [0.2, 0.25) is 0 Å². The molecule has 0 aliphatic rings. The van der Waals surface area contributed by atoms with Crippen molar-refractivity contribution in [1.29, 1.82) is 0 Å². The van der Waals surface area contributed by atoms with Crippen LogP contribution in [-0.4, -0.2) is 31.3 Å². The summed E-state index contributed by atoms with van der Waals surface area (Å²) in [6.07, 6.45) is 0. The first-order valence-corrected chi connectivity index (χ1v) is 10.6. The average Bonchev–Trinajstić information content (AvgIpc) is 3.15. The summed E-state index contributed by atoms with van der Waals surface area (Å²) >= 11 is 1.44. The van der Waals surface area contributed by atoms with Gasteiger partial charge >= 0.3 is 0 Å². The molecule has 4 aromatic rings. The molecule has 0 saturated carbocycles. The van der Waals surface area contributed by atoms with Crippen molar-refractivity contribution in [2.24, 2.45) is 4.99 Å². The average molecular weight is 435 g/mol. The molecule has 4 rings (SSSR count). The zero-order valence-electron chi connectivity index (χ0n) is 17.3. The third kappa shape index (κ3) is 4.68. The van der Waals surface area contributed by atoms with Crippen molar-refractivity contribution in [2.75, 3.05) is 20.8 Å². The fourth-order valence-electron chi connectivity index (χ4n) is 3.21. The Morgan fingerprint density at radius 2 is 1.74 bits per heavy atom. The van der Waals surface area contributed by atoms with Crippen molar-refractivity contribution in [3.63, 3.8) is 0 Å². The van der Waals surface area contributed by atoms with E-state index < -0.39 is 0 Å². The highest BCUT2D eigenvalue weighted by Crippen LogP contribution is 2.27. The van der Waals surface area contributed by atoms with Gasteiger partial charge in [0.25, 0.3) is 5.91 Å². The lowest BCUT2D eigenvalue weighted by molar-refractivity contribution is 0.0997. The Morgan fingerprint density at radius 1 is 0.968 bits per heavy atom. The predicted molar refractivity (Wildman–Crippen MR) is 121 cm³/mol. The van der Waals surface area contributed by atoms with Gasteiger partial charge in [-0.1, -0.05) is 41.7 Å². The van der Waals surface area contributed by atoms with Crippen LogP contribution in [-0.2, 0) is 11.3 Å². The van der Waals surface area contributed by atoms with Gasteiger partial charge in [-0.2, -0.15) is 4.99 Å². The van der Waals surface area contributed by atoms with E-state index in [0.29, 0.717) is 35.0 Å². The number of rotatable bonds is 7. The van der Waals surface area contributed by atoms with Gasteiger partial charge in [0, 0.05) is 19.2 Å². The van der Waals surface area contributed by atoms with Gasteiger partial charge in [0.15, 0.2) is 4.80 Å². The highest BCUT2D eigenvalue weighted by Gasteiger charge is 2.13. The van der Waals surface area contributed by atoms with Crippen molar-refractivity contribution in [3.05, 3.63) is 83.2 Å². The second-order valence-electron chi connectivity index (χ2n) is 6.70. The number of para-hydroxylation sites is 2. The van der Waals surface area contributed by atoms with E-state index in [1.54, 1.807) is 32.4 Å². The van der Waals surface area contributed by atoms with Crippen LogP contribution in [0.1, 0.15) is 10.4 Å². The Kier molecular flexibility index (Phi) is 6.45. The molecule has 0 atom stereocenters. The molecule has 7 heteroatoms. The molecule has 158 valence electrons. The molecule has 0 fully saturated rings. The molecule has 0 radical (unpaired) electrons. The van der Waals surface area contributed by atoms with Crippen LogP contribution in [0, 0.1) is 0 Å². The number of carbonyl (C=O) groups is 1. The van der Waals surface area contributed by atoms with E-state index in [9.17, 15) is 4.79 Å². The summed E-state index contributed by atoms with van der Waals surface area (Å²) < 4.78 is 19.6. The summed E-state index contributed by atoms with van der Waals surface area (Å²) in [7, 11) is 3.28. The second kappa shape index (κ2) is 9.59. The molecule has 1 aromatic heterocycles. The van der Waals surface area contributed by atoms with Gasteiger partial charge in [-0.15, -0.1) is 0 Å². The third-order valence-electron chi connectivity index (χ3n) is 4.66. The molecule has 0 N–H and O–H groups in total. The van der Waals surface area contributed by atoms with Crippen LogP contribution in [0.25, 0.3) is 10.2 Å². The second-order valence-corrected chi connectivity index (χ2v) is 7.71. The Labute approximate surface area is 184 Å². The van der Waals surface area contributed by atoms with Crippen LogP contribution in [0.15, 0.2) is 77.8 Å². The van der Waals surface area contributed by atoms with E-state index in [1.807, 2.05) is 59.2 Å². The molecule has 31 heavy (non-hydrogen) atoms. The molecule has 3 aromatic carbocycles. The minimum Gasteiger partial charge on any atom is -0.495 e.